The van der Waals surface area contributed by atoms with Crippen molar-refractivity contribution in [1.29, 1.82) is 0 Å². The fraction of sp³-hybridized carbons (Fsp3) is 0.286. The molecule has 0 saturated heterocycles. The van der Waals surface area contributed by atoms with Gasteiger partial charge in [0.2, 0.25) is 0 Å². The molecule has 8 heteroatoms. The molecule has 0 aliphatic carbocycles. The highest BCUT2D eigenvalue weighted by Crippen LogP contribution is 2.05. The second kappa shape index (κ2) is 7.21. The minimum absolute atomic E-state index is 0.191. The number of rotatable bonds is 6. The van der Waals surface area contributed by atoms with Gasteiger partial charge < -0.3 is 20.8 Å². The predicted octanol–water partition coefficient (Wildman–Crippen LogP) is 0.0924. The van der Waals surface area contributed by atoms with E-state index < -0.39 is 35.8 Å². The van der Waals surface area contributed by atoms with Gasteiger partial charge >= 0.3 is 11.9 Å². The lowest BCUT2D eigenvalue weighted by molar-refractivity contribution is -0.139. The molecule has 2 unspecified atom stereocenters. The van der Waals surface area contributed by atoms with E-state index in [4.69, 9.17) is 10.2 Å². The van der Waals surface area contributed by atoms with Crippen LogP contribution in [0.2, 0.25) is 0 Å². The monoisotopic (exact) mass is 308 g/mol. The molecule has 0 bridgehead atoms. The summed E-state index contributed by atoms with van der Waals surface area (Å²) in [5.74, 6) is -3.49. The standard InChI is InChI=1S/C14H16N2O6/c1-7(13(19)20)15-11(17)9-3-5-10(6-4-9)12(18)16-8(2)14(21)22/h3-8H,1-2H3,(H,15,17)(H,16,18)(H,19,20)(H,21,22). The van der Waals surface area contributed by atoms with Gasteiger partial charge in [0, 0.05) is 11.1 Å². The number of carboxylic acid groups (broad SMARTS) is 2. The van der Waals surface area contributed by atoms with Crippen LogP contribution in [-0.4, -0.2) is 46.0 Å². The molecule has 8 nitrogen and oxygen atoms in total. The largest absolute Gasteiger partial charge is 0.480 e. The summed E-state index contributed by atoms with van der Waals surface area (Å²) in [5.41, 5.74) is 0.381. The van der Waals surface area contributed by atoms with Crippen molar-refractivity contribution >= 4 is 23.8 Å². The summed E-state index contributed by atoms with van der Waals surface area (Å²) < 4.78 is 0. The second-order valence-corrected chi connectivity index (χ2v) is 4.64. The van der Waals surface area contributed by atoms with E-state index in [0.717, 1.165) is 0 Å². The van der Waals surface area contributed by atoms with E-state index in [-0.39, 0.29) is 11.1 Å². The number of aliphatic carboxylic acids is 2. The highest BCUT2D eigenvalue weighted by Gasteiger charge is 2.17. The molecule has 4 N–H and O–H groups in total. The highest BCUT2D eigenvalue weighted by atomic mass is 16.4. The Hall–Kier alpha value is -2.90. The number of hydrogen-bond donors (Lipinski definition) is 4. The first-order valence-corrected chi connectivity index (χ1v) is 6.39. The Balaban J connectivity index is 2.74. The lowest BCUT2D eigenvalue weighted by Crippen LogP contribution is -2.39. The number of carbonyl (C=O) groups is 4. The van der Waals surface area contributed by atoms with Gasteiger partial charge in [0.15, 0.2) is 0 Å². The summed E-state index contributed by atoms with van der Waals surface area (Å²) in [4.78, 5) is 44.8. The Labute approximate surface area is 126 Å². The van der Waals surface area contributed by atoms with Gasteiger partial charge in [-0.05, 0) is 38.1 Å². The van der Waals surface area contributed by atoms with Crippen molar-refractivity contribution in [2.24, 2.45) is 0 Å². The zero-order valence-corrected chi connectivity index (χ0v) is 12.0. The van der Waals surface area contributed by atoms with Crippen LogP contribution in [-0.2, 0) is 9.59 Å². The van der Waals surface area contributed by atoms with Crippen LogP contribution in [0.15, 0.2) is 24.3 Å². The fourth-order valence-electron chi connectivity index (χ4n) is 1.46. The molecule has 1 aromatic carbocycles. The Morgan fingerprint density at radius 3 is 1.27 bits per heavy atom. The van der Waals surface area contributed by atoms with Gasteiger partial charge in [-0.15, -0.1) is 0 Å². The number of carboxylic acids is 2. The highest BCUT2D eigenvalue weighted by molar-refractivity contribution is 5.99. The van der Waals surface area contributed by atoms with Crippen molar-refractivity contribution < 1.29 is 29.4 Å². The number of hydrogen-bond acceptors (Lipinski definition) is 4. The molecular weight excluding hydrogens is 292 g/mol. The molecule has 1 rings (SSSR count). The van der Waals surface area contributed by atoms with Crippen LogP contribution in [0.3, 0.4) is 0 Å². The molecule has 0 fully saturated rings. The quantitative estimate of drug-likeness (QED) is 0.589. The molecular formula is C14H16N2O6. The Bertz CT molecular complexity index is 543. The minimum atomic E-state index is -1.16. The van der Waals surface area contributed by atoms with Crippen molar-refractivity contribution in [3.05, 3.63) is 35.4 Å². The number of benzene rings is 1. The van der Waals surface area contributed by atoms with E-state index in [9.17, 15) is 19.2 Å². The van der Waals surface area contributed by atoms with Gasteiger partial charge in [-0.25, -0.2) is 0 Å². The summed E-state index contributed by atoms with van der Waals surface area (Å²) in [6.45, 7) is 2.66. The van der Waals surface area contributed by atoms with E-state index in [1.54, 1.807) is 0 Å². The average molecular weight is 308 g/mol. The van der Waals surface area contributed by atoms with E-state index in [0.29, 0.717) is 0 Å². The maximum absolute atomic E-state index is 11.8. The van der Waals surface area contributed by atoms with E-state index in [1.807, 2.05) is 0 Å². The molecule has 118 valence electrons. The van der Waals surface area contributed by atoms with E-state index >= 15 is 0 Å². The summed E-state index contributed by atoms with van der Waals surface area (Å²) in [6.07, 6.45) is 0. The molecule has 0 heterocycles. The lowest BCUT2D eigenvalue weighted by atomic mass is 10.1. The maximum atomic E-state index is 11.8. The maximum Gasteiger partial charge on any atom is 0.325 e. The zero-order chi connectivity index (χ0) is 16.9. The fourth-order valence-corrected chi connectivity index (χ4v) is 1.46. The summed E-state index contributed by atoms with van der Waals surface area (Å²) in [5, 5.41) is 22.0. The van der Waals surface area contributed by atoms with Gasteiger partial charge in [0.05, 0.1) is 0 Å². The molecule has 0 aromatic heterocycles. The topological polar surface area (TPSA) is 133 Å². The number of carbonyl (C=O) groups excluding carboxylic acids is 2. The molecule has 0 aliphatic heterocycles. The number of nitrogens with one attached hydrogen (secondary N) is 2. The second-order valence-electron chi connectivity index (χ2n) is 4.64. The zero-order valence-electron chi connectivity index (χ0n) is 12.0. The van der Waals surface area contributed by atoms with Gasteiger partial charge in [0.1, 0.15) is 12.1 Å². The molecule has 2 atom stereocenters. The van der Waals surface area contributed by atoms with Gasteiger partial charge in [-0.3, -0.25) is 19.2 Å². The number of amides is 2. The van der Waals surface area contributed by atoms with Crippen molar-refractivity contribution in [1.82, 2.24) is 10.6 Å². The molecule has 22 heavy (non-hydrogen) atoms. The van der Waals surface area contributed by atoms with Crippen LogP contribution in [0, 0.1) is 0 Å². The first kappa shape index (κ1) is 17.2. The average Bonchev–Trinajstić information content (AvgIpc) is 2.46. The third-order valence-electron chi connectivity index (χ3n) is 2.85. The van der Waals surface area contributed by atoms with Gasteiger partial charge in [-0.1, -0.05) is 0 Å². The lowest BCUT2D eigenvalue weighted by Gasteiger charge is -2.11. The minimum Gasteiger partial charge on any atom is -0.480 e. The van der Waals surface area contributed by atoms with Crippen molar-refractivity contribution in [2.45, 2.75) is 25.9 Å². The van der Waals surface area contributed by atoms with Crippen LogP contribution in [0.25, 0.3) is 0 Å². The van der Waals surface area contributed by atoms with E-state index in [1.165, 1.54) is 38.1 Å². The van der Waals surface area contributed by atoms with Crippen LogP contribution in [0.4, 0.5) is 0 Å². The van der Waals surface area contributed by atoms with Gasteiger partial charge in [0.25, 0.3) is 11.8 Å². The molecule has 2 amide bonds. The Morgan fingerprint density at radius 1 is 0.773 bits per heavy atom. The van der Waals surface area contributed by atoms with Crippen LogP contribution < -0.4 is 10.6 Å². The predicted molar refractivity (Wildman–Crippen MR) is 75.6 cm³/mol. The third kappa shape index (κ3) is 4.58. The molecule has 0 spiro atoms. The molecule has 0 saturated carbocycles. The Kier molecular flexibility index (Phi) is 5.62. The SMILES string of the molecule is CC(NC(=O)c1ccc(C(=O)NC(C)C(=O)O)cc1)C(=O)O. The summed E-state index contributed by atoms with van der Waals surface area (Å²) in [7, 11) is 0. The van der Waals surface area contributed by atoms with Crippen molar-refractivity contribution in [2.75, 3.05) is 0 Å². The van der Waals surface area contributed by atoms with E-state index in [2.05, 4.69) is 10.6 Å². The van der Waals surface area contributed by atoms with Crippen molar-refractivity contribution in [3.8, 4) is 0 Å². The molecule has 1 aromatic rings. The molecule has 0 radical (unpaired) electrons. The van der Waals surface area contributed by atoms with Crippen molar-refractivity contribution in [3.63, 3.8) is 0 Å². The first-order valence-electron chi connectivity index (χ1n) is 6.39. The summed E-state index contributed by atoms with van der Waals surface area (Å²) >= 11 is 0. The smallest absolute Gasteiger partial charge is 0.325 e. The Morgan fingerprint density at radius 2 is 1.05 bits per heavy atom. The van der Waals surface area contributed by atoms with Gasteiger partial charge in [-0.2, -0.15) is 0 Å². The third-order valence-corrected chi connectivity index (χ3v) is 2.85. The summed E-state index contributed by atoms with van der Waals surface area (Å²) in [6, 6.07) is 3.34. The molecule has 0 aliphatic rings. The van der Waals surface area contributed by atoms with Crippen LogP contribution >= 0.6 is 0 Å². The normalized spacial score (nSPS) is 12.8. The first-order chi connectivity index (χ1) is 10.2. The van der Waals surface area contributed by atoms with Crippen LogP contribution in [0.5, 0.6) is 0 Å². The van der Waals surface area contributed by atoms with Crippen LogP contribution in [0.1, 0.15) is 34.6 Å².